The molecule has 2 heterocycles. The second kappa shape index (κ2) is 4.74. The lowest BCUT2D eigenvalue weighted by Gasteiger charge is -2.34. The fourth-order valence-electron chi connectivity index (χ4n) is 2.69. The van der Waals surface area contributed by atoms with Crippen molar-refractivity contribution in [1.82, 2.24) is 0 Å². The minimum absolute atomic E-state index is 0.473. The third kappa shape index (κ3) is 2.04. The van der Waals surface area contributed by atoms with Crippen LogP contribution >= 0.6 is 0 Å². The molecule has 0 amide bonds. The van der Waals surface area contributed by atoms with Gasteiger partial charge in [0.15, 0.2) is 11.5 Å². The van der Waals surface area contributed by atoms with E-state index in [-0.39, 0.29) is 0 Å². The lowest BCUT2D eigenvalue weighted by molar-refractivity contribution is -0.147. The molecule has 0 radical (unpaired) electrons. The Morgan fingerprint density at radius 2 is 1.74 bits per heavy atom. The number of benzene rings is 1. The molecule has 2 aliphatic rings. The molecule has 0 unspecified atom stereocenters. The molecule has 0 saturated carbocycles. The molecule has 102 valence electrons. The summed E-state index contributed by atoms with van der Waals surface area (Å²) in [6, 6.07) is 5.42. The van der Waals surface area contributed by atoms with Crippen molar-refractivity contribution in [3.8, 4) is 11.5 Å². The van der Waals surface area contributed by atoms with E-state index < -0.39 is 11.4 Å². The van der Waals surface area contributed by atoms with E-state index in [1.54, 1.807) is 12.1 Å². The molecule has 0 aromatic heterocycles. The van der Waals surface area contributed by atoms with E-state index >= 15 is 0 Å². The van der Waals surface area contributed by atoms with Crippen LogP contribution in [-0.4, -0.2) is 37.5 Å². The molecule has 1 saturated heterocycles. The number of carbonyl (C=O) groups is 1. The Morgan fingerprint density at radius 3 is 2.42 bits per heavy atom. The Kier molecular flexibility index (Phi) is 3.06. The van der Waals surface area contributed by atoms with Crippen LogP contribution in [0.3, 0.4) is 0 Å². The van der Waals surface area contributed by atoms with Crippen molar-refractivity contribution in [1.29, 1.82) is 0 Å². The zero-order chi connectivity index (χ0) is 13.3. The van der Waals surface area contributed by atoms with Crippen LogP contribution in [0.15, 0.2) is 18.2 Å². The van der Waals surface area contributed by atoms with E-state index in [4.69, 9.17) is 14.2 Å². The Balaban J connectivity index is 2.01. The molecular weight excluding hydrogens is 248 g/mol. The molecule has 2 aliphatic heterocycles. The van der Waals surface area contributed by atoms with E-state index in [0.717, 1.165) is 5.56 Å². The summed E-state index contributed by atoms with van der Waals surface area (Å²) >= 11 is 0. The van der Waals surface area contributed by atoms with Gasteiger partial charge in [0.05, 0.1) is 5.41 Å². The second-order valence-electron chi connectivity index (χ2n) is 4.86. The van der Waals surface area contributed by atoms with Crippen LogP contribution in [0.2, 0.25) is 0 Å². The molecule has 19 heavy (non-hydrogen) atoms. The SMILES string of the molecule is O=C(O)C1(c2ccc3c(c2)OCCO3)CCOCC1. The molecule has 1 aromatic rings. The van der Waals surface area contributed by atoms with Gasteiger partial charge in [-0.15, -0.1) is 0 Å². The average Bonchev–Trinajstić information content (AvgIpc) is 2.47. The monoisotopic (exact) mass is 264 g/mol. The molecule has 1 aromatic carbocycles. The quantitative estimate of drug-likeness (QED) is 0.878. The van der Waals surface area contributed by atoms with Crippen molar-refractivity contribution in [2.45, 2.75) is 18.3 Å². The van der Waals surface area contributed by atoms with Gasteiger partial charge in [0, 0.05) is 13.2 Å². The van der Waals surface area contributed by atoms with Crippen molar-refractivity contribution in [3.05, 3.63) is 23.8 Å². The van der Waals surface area contributed by atoms with Gasteiger partial charge in [-0.05, 0) is 30.5 Å². The summed E-state index contributed by atoms with van der Waals surface area (Å²) in [5, 5.41) is 9.62. The molecule has 3 rings (SSSR count). The van der Waals surface area contributed by atoms with Gasteiger partial charge in [-0.3, -0.25) is 4.79 Å². The summed E-state index contributed by atoms with van der Waals surface area (Å²) in [5.41, 5.74) is -0.0961. The van der Waals surface area contributed by atoms with Crippen molar-refractivity contribution < 1.29 is 24.1 Å². The second-order valence-corrected chi connectivity index (χ2v) is 4.86. The van der Waals surface area contributed by atoms with Crippen LogP contribution in [0, 0.1) is 0 Å². The van der Waals surface area contributed by atoms with Gasteiger partial charge in [0.25, 0.3) is 0 Å². The minimum Gasteiger partial charge on any atom is -0.486 e. The molecular formula is C14H16O5. The normalized spacial score (nSPS) is 20.8. The van der Waals surface area contributed by atoms with E-state index in [9.17, 15) is 9.90 Å². The molecule has 1 fully saturated rings. The first-order valence-corrected chi connectivity index (χ1v) is 6.44. The third-order valence-corrected chi connectivity index (χ3v) is 3.85. The first kappa shape index (κ1) is 12.3. The van der Waals surface area contributed by atoms with Gasteiger partial charge >= 0.3 is 5.97 Å². The van der Waals surface area contributed by atoms with Gasteiger partial charge in [0.2, 0.25) is 0 Å². The van der Waals surface area contributed by atoms with Crippen molar-refractivity contribution in [3.63, 3.8) is 0 Å². The first-order chi connectivity index (χ1) is 9.22. The Labute approximate surface area is 111 Å². The van der Waals surface area contributed by atoms with Gasteiger partial charge in [0.1, 0.15) is 13.2 Å². The highest BCUT2D eigenvalue weighted by Crippen LogP contribution is 2.40. The predicted octanol–water partition coefficient (Wildman–Crippen LogP) is 1.59. The van der Waals surface area contributed by atoms with Crippen molar-refractivity contribution >= 4 is 5.97 Å². The van der Waals surface area contributed by atoms with E-state index in [2.05, 4.69) is 0 Å². The summed E-state index contributed by atoms with van der Waals surface area (Å²) in [5.74, 6) is 0.519. The average molecular weight is 264 g/mol. The maximum Gasteiger partial charge on any atom is 0.314 e. The van der Waals surface area contributed by atoms with E-state index in [1.165, 1.54) is 0 Å². The number of carboxylic acid groups (broad SMARTS) is 1. The number of aliphatic carboxylic acids is 1. The lowest BCUT2D eigenvalue weighted by Crippen LogP contribution is -2.41. The third-order valence-electron chi connectivity index (χ3n) is 3.85. The van der Waals surface area contributed by atoms with Gasteiger partial charge in [-0.1, -0.05) is 6.07 Å². The van der Waals surface area contributed by atoms with Crippen LogP contribution in [0.1, 0.15) is 18.4 Å². The van der Waals surface area contributed by atoms with E-state index in [0.29, 0.717) is 50.8 Å². The highest BCUT2D eigenvalue weighted by molar-refractivity contribution is 5.82. The Bertz CT molecular complexity index is 491. The highest BCUT2D eigenvalue weighted by atomic mass is 16.6. The maximum atomic E-state index is 11.7. The molecule has 0 atom stereocenters. The van der Waals surface area contributed by atoms with Crippen molar-refractivity contribution in [2.75, 3.05) is 26.4 Å². The zero-order valence-corrected chi connectivity index (χ0v) is 10.6. The van der Waals surface area contributed by atoms with E-state index in [1.807, 2.05) is 6.07 Å². The number of ether oxygens (including phenoxy) is 3. The molecule has 5 heteroatoms. The summed E-state index contributed by atoms with van der Waals surface area (Å²) in [6.07, 6.45) is 0.976. The summed E-state index contributed by atoms with van der Waals surface area (Å²) < 4.78 is 16.3. The molecule has 1 N–H and O–H groups in total. The Hall–Kier alpha value is -1.75. The van der Waals surface area contributed by atoms with Crippen LogP contribution in [0.4, 0.5) is 0 Å². The van der Waals surface area contributed by atoms with Gasteiger partial charge < -0.3 is 19.3 Å². The number of rotatable bonds is 2. The van der Waals surface area contributed by atoms with Gasteiger partial charge in [-0.2, -0.15) is 0 Å². The molecule has 0 bridgehead atoms. The summed E-state index contributed by atoms with van der Waals surface area (Å²) in [7, 11) is 0. The predicted molar refractivity (Wildman–Crippen MR) is 66.8 cm³/mol. The smallest absolute Gasteiger partial charge is 0.314 e. The number of carboxylic acids is 1. The molecule has 0 spiro atoms. The lowest BCUT2D eigenvalue weighted by atomic mass is 9.74. The summed E-state index contributed by atoms with van der Waals surface area (Å²) in [6.45, 7) is 1.98. The highest BCUT2D eigenvalue weighted by Gasteiger charge is 2.42. The summed E-state index contributed by atoms with van der Waals surface area (Å²) in [4.78, 5) is 11.7. The van der Waals surface area contributed by atoms with Crippen LogP contribution < -0.4 is 9.47 Å². The number of hydrogen-bond donors (Lipinski definition) is 1. The fourth-order valence-corrected chi connectivity index (χ4v) is 2.69. The Morgan fingerprint density at radius 1 is 1.05 bits per heavy atom. The number of fused-ring (bicyclic) bond motifs is 1. The first-order valence-electron chi connectivity index (χ1n) is 6.44. The topological polar surface area (TPSA) is 65.0 Å². The molecule has 5 nitrogen and oxygen atoms in total. The zero-order valence-electron chi connectivity index (χ0n) is 10.6. The fraction of sp³-hybridized carbons (Fsp3) is 0.500. The van der Waals surface area contributed by atoms with Crippen LogP contribution in [-0.2, 0) is 14.9 Å². The van der Waals surface area contributed by atoms with Crippen molar-refractivity contribution in [2.24, 2.45) is 0 Å². The number of hydrogen-bond acceptors (Lipinski definition) is 4. The van der Waals surface area contributed by atoms with Crippen LogP contribution in [0.5, 0.6) is 11.5 Å². The minimum atomic E-state index is -0.867. The maximum absolute atomic E-state index is 11.7. The largest absolute Gasteiger partial charge is 0.486 e. The molecule has 0 aliphatic carbocycles. The van der Waals surface area contributed by atoms with Crippen LogP contribution in [0.25, 0.3) is 0 Å². The van der Waals surface area contributed by atoms with Gasteiger partial charge in [-0.25, -0.2) is 0 Å². The standard InChI is InChI=1S/C14H16O5/c15-13(16)14(3-5-17-6-4-14)10-1-2-11-12(9-10)19-8-7-18-11/h1-2,9H,3-8H2,(H,15,16).